The molecular weight excluding hydrogens is 194 g/mol. The maximum Gasteiger partial charge on any atom is 0.412 e. The van der Waals surface area contributed by atoms with Crippen LogP contribution in [0.15, 0.2) is 12.1 Å². The number of aryl methyl sites for hydroxylation is 3. The molecule has 80 valence electrons. The summed E-state index contributed by atoms with van der Waals surface area (Å²) >= 11 is 0. The number of rotatable bonds is 1. The highest BCUT2D eigenvalue weighted by Gasteiger charge is 2.16. The van der Waals surface area contributed by atoms with Crippen molar-refractivity contribution in [2.24, 2.45) is 5.73 Å². The topological polar surface area (TPSA) is 69.4 Å². The van der Waals surface area contributed by atoms with E-state index >= 15 is 0 Å². The number of benzene rings is 1. The maximum atomic E-state index is 11.5. The van der Waals surface area contributed by atoms with Crippen molar-refractivity contribution >= 4 is 12.1 Å². The largest absolute Gasteiger partial charge is 0.412 e. The summed E-state index contributed by atoms with van der Waals surface area (Å²) < 4.78 is 4.34. The van der Waals surface area contributed by atoms with Gasteiger partial charge < -0.3 is 10.5 Å². The molecule has 1 rings (SSSR count). The number of hydrogen-bond acceptors (Lipinski definition) is 3. The molecule has 0 heterocycles. The minimum Gasteiger partial charge on any atom is -0.373 e. The van der Waals surface area contributed by atoms with Crippen molar-refractivity contribution in [3.05, 3.63) is 34.4 Å². The van der Waals surface area contributed by atoms with Gasteiger partial charge >= 0.3 is 12.1 Å². The monoisotopic (exact) mass is 207 g/mol. The Hall–Kier alpha value is -1.84. The predicted octanol–water partition coefficient (Wildman–Crippen LogP) is 1.85. The minimum absolute atomic E-state index is 0.402. The van der Waals surface area contributed by atoms with Crippen molar-refractivity contribution < 1.29 is 14.3 Å². The first-order valence-corrected chi connectivity index (χ1v) is 4.51. The van der Waals surface area contributed by atoms with Crippen molar-refractivity contribution in [2.75, 3.05) is 0 Å². The first-order chi connectivity index (χ1) is 6.91. The molecule has 0 bridgehead atoms. The van der Waals surface area contributed by atoms with Gasteiger partial charge in [0.25, 0.3) is 0 Å². The Bertz CT molecular complexity index is 401. The zero-order chi connectivity index (χ0) is 11.6. The molecule has 15 heavy (non-hydrogen) atoms. The van der Waals surface area contributed by atoms with Crippen LogP contribution in [0, 0.1) is 20.8 Å². The maximum absolute atomic E-state index is 11.5. The summed E-state index contributed by atoms with van der Waals surface area (Å²) in [5.74, 6) is -0.697. The Kier molecular flexibility index (Phi) is 3.09. The van der Waals surface area contributed by atoms with Crippen molar-refractivity contribution in [1.82, 2.24) is 0 Å². The molecule has 0 saturated heterocycles. The molecule has 0 unspecified atom stereocenters. The Labute approximate surface area is 88.0 Å². The van der Waals surface area contributed by atoms with E-state index in [4.69, 9.17) is 5.73 Å². The highest BCUT2D eigenvalue weighted by Crippen LogP contribution is 2.17. The molecule has 1 aromatic rings. The number of esters is 1. The van der Waals surface area contributed by atoms with Gasteiger partial charge in [-0.15, -0.1) is 0 Å². The second kappa shape index (κ2) is 4.13. The third kappa shape index (κ3) is 2.56. The van der Waals surface area contributed by atoms with E-state index in [-0.39, 0.29) is 0 Å². The van der Waals surface area contributed by atoms with E-state index in [2.05, 4.69) is 4.74 Å². The molecule has 0 atom stereocenters. The summed E-state index contributed by atoms with van der Waals surface area (Å²) in [6, 6.07) is 3.70. The highest BCUT2D eigenvalue weighted by atomic mass is 16.6. The Balaban J connectivity index is 3.14. The third-order valence-corrected chi connectivity index (χ3v) is 2.07. The van der Waals surface area contributed by atoms with Crippen LogP contribution >= 0.6 is 0 Å². The zero-order valence-electron chi connectivity index (χ0n) is 8.96. The van der Waals surface area contributed by atoms with E-state index in [9.17, 15) is 9.59 Å². The van der Waals surface area contributed by atoms with Gasteiger partial charge in [0, 0.05) is 0 Å². The van der Waals surface area contributed by atoms with Gasteiger partial charge in [0.2, 0.25) is 0 Å². The van der Waals surface area contributed by atoms with E-state index < -0.39 is 12.1 Å². The van der Waals surface area contributed by atoms with Crippen LogP contribution < -0.4 is 5.73 Å². The van der Waals surface area contributed by atoms with Crippen LogP contribution in [0.1, 0.15) is 27.0 Å². The van der Waals surface area contributed by atoms with Crippen LogP contribution in [0.5, 0.6) is 0 Å². The van der Waals surface area contributed by atoms with Gasteiger partial charge in [-0.2, -0.15) is 0 Å². The summed E-state index contributed by atoms with van der Waals surface area (Å²) in [5, 5.41) is 0. The van der Waals surface area contributed by atoms with Gasteiger partial charge in [-0.1, -0.05) is 17.7 Å². The molecule has 0 aliphatic rings. The lowest BCUT2D eigenvalue weighted by molar-refractivity contribution is 0.0637. The summed E-state index contributed by atoms with van der Waals surface area (Å²) in [7, 11) is 0. The van der Waals surface area contributed by atoms with E-state index in [1.54, 1.807) is 13.8 Å². The summed E-state index contributed by atoms with van der Waals surface area (Å²) in [5.41, 5.74) is 7.79. The Morgan fingerprint density at radius 3 is 2.00 bits per heavy atom. The minimum atomic E-state index is -1.08. The molecular formula is C11H13NO3. The fourth-order valence-corrected chi connectivity index (χ4v) is 1.64. The van der Waals surface area contributed by atoms with Crippen LogP contribution in [-0.2, 0) is 4.74 Å². The van der Waals surface area contributed by atoms with E-state index in [1.807, 2.05) is 19.1 Å². The van der Waals surface area contributed by atoms with E-state index in [0.717, 1.165) is 16.7 Å². The number of amides is 1. The lowest BCUT2D eigenvalue weighted by Crippen LogP contribution is -2.20. The number of hydrogen-bond donors (Lipinski definition) is 1. The average Bonchev–Trinajstić information content (AvgIpc) is 1.99. The smallest absolute Gasteiger partial charge is 0.373 e. The fraction of sp³-hybridized carbons (Fsp3) is 0.273. The molecule has 0 radical (unpaired) electrons. The summed E-state index contributed by atoms with van der Waals surface area (Å²) in [4.78, 5) is 21.9. The standard InChI is InChI=1S/C11H13NO3/c1-6-4-7(2)9(8(3)5-6)10(13)15-11(12)14/h4-5H,1-3H3,(H2,12,14). The number of carbonyl (C=O) groups excluding carboxylic acids is 2. The normalized spacial score (nSPS) is 9.80. The van der Waals surface area contributed by atoms with Crippen LogP contribution in [0.3, 0.4) is 0 Å². The van der Waals surface area contributed by atoms with Crippen molar-refractivity contribution in [3.63, 3.8) is 0 Å². The van der Waals surface area contributed by atoms with Gasteiger partial charge in [-0.25, -0.2) is 9.59 Å². The van der Waals surface area contributed by atoms with Gasteiger partial charge in [0.1, 0.15) is 0 Å². The zero-order valence-corrected chi connectivity index (χ0v) is 8.96. The van der Waals surface area contributed by atoms with Gasteiger partial charge in [0.05, 0.1) is 5.56 Å². The van der Waals surface area contributed by atoms with Crippen molar-refractivity contribution in [3.8, 4) is 0 Å². The first kappa shape index (κ1) is 11.2. The first-order valence-electron chi connectivity index (χ1n) is 4.51. The number of nitrogens with two attached hydrogens (primary N) is 1. The SMILES string of the molecule is Cc1cc(C)c(C(=O)OC(N)=O)c(C)c1. The Morgan fingerprint density at radius 1 is 1.13 bits per heavy atom. The van der Waals surface area contributed by atoms with E-state index in [0.29, 0.717) is 5.56 Å². The van der Waals surface area contributed by atoms with Gasteiger partial charge in [-0.3, -0.25) is 0 Å². The van der Waals surface area contributed by atoms with Crippen LogP contribution in [0.25, 0.3) is 0 Å². The van der Waals surface area contributed by atoms with Crippen molar-refractivity contribution in [1.29, 1.82) is 0 Å². The number of carbonyl (C=O) groups is 2. The quantitative estimate of drug-likeness (QED) is 0.564. The fourth-order valence-electron chi connectivity index (χ4n) is 1.64. The highest BCUT2D eigenvalue weighted by molar-refractivity contribution is 5.98. The molecule has 0 aromatic heterocycles. The average molecular weight is 207 g/mol. The van der Waals surface area contributed by atoms with Crippen LogP contribution in [0.2, 0.25) is 0 Å². The molecule has 1 aromatic carbocycles. The third-order valence-electron chi connectivity index (χ3n) is 2.07. The lowest BCUT2D eigenvalue weighted by atomic mass is 10.0. The van der Waals surface area contributed by atoms with E-state index in [1.165, 1.54) is 0 Å². The lowest BCUT2D eigenvalue weighted by Gasteiger charge is -2.08. The second-order valence-electron chi connectivity index (χ2n) is 3.48. The molecule has 0 fully saturated rings. The number of primary amides is 1. The molecule has 1 amide bonds. The van der Waals surface area contributed by atoms with Crippen LogP contribution in [0.4, 0.5) is 4.79 Å². The Morgan fingerprint density at radius 2 is 1.60 bits per heavy atom. The molecule has 0 saturated carbocycles. The molecule has 4 nitrogen and oxygen atoms in total. The van der Waals surface area contributed by atoms with Crippen LogP contribution in [-0.4, -0.2) is 12.1 Å². The molecule has 0 spiro atoms. The predicted molar refractivity (Wildman–Crippen MR) is 55.7 cm³/mol. The number of ether oxygens (including phenoxy) is 1. The van der Waals surface area contributed by atoms with Crippen molar-refractivity contribution in [2.45, 2.75) is 20.8 Å². The van der Waals surface area contributed by atoms with Gasteiger partial charge in [0.15, 0.2) is 0 Å². The molecule has 0 aliphatic heterocycles. The van der Waals surface area contributed by atoms with Gasteiger partial charge in [-0.05, 0) is 31.9 Å². The molecule has 2 N–H and O–H groups in total. The summed E-state index contributed by atoms with van der Waals surface area (Å²) in [6.45, 7) is 5.51. The second-order valence-corrected chi connectivity index (χ2v) is 3.48. The molecule has 0 aliphatic carbocycles. The molecule has 4 heteroatoms. The summed E-state index contributed by atoms with van der Waals surface area (Å²) in [6.07, 6.45) is -1.08.